The minimum Gasteiger partial charge on any atom is -0.434 e. The summed E-state index contributed by atoms with van der Waals surface area (Å²) in [5, 5.41) is 5.33. The lowest BCUT2D eigenvalue weighted by Crippen LogP contribution is -2.57. The Morgan fingerprint density at radius 3 is 2.50 bits per heavy atom. The van der Waals surface area contributed by atoms with E-state index in [-0.39, 0.29) is 30.8 Å². The first-order valence-corrected chi connectivity index (χ1v) is 9.47. The summed E-state index contributed by atoms with van der Waals surface area (Å²) in [6, 6.07) is 3.38. The Hall–Kier alpha value is -1.52. The number of alkyl halides is 2. The number of rotatable bonds is 6. The lowest BCUT2D eigenvalue weighted by molar-refractivity contribution is -0.124. The number of carbonyl (C=O) groups excluding carboxylic acids is 1. The molecular weight excluding hydrogens is 397 g/mol. The van der Waals surface area contributed by atoms with E-state index in [1.165, 1.54) is 6.07 Å². The number of hydrogen-bond acceptors (Lipinski definition) is 5. The first-order chi connectivity index (χ1) is 11.7. The summed E-state index contributed by atoms with van der Waals surface area (Å²) < 4.78 is 65.7. The highest BCUT2D eigenvalue weighted by atomic mass is 35.5. The zero-order chi connectivity index (χ0) is 18.7. The summed E-state index contributed by atoms with van der Waals surface area (Å²) >= 11 is 0. The van der Waals surface area contributed by atoms with Crippen LogP contribution in [0.4, 0.5) is 13.2 Å². The van der Waals surface area contributed by atoms with Crippen molar-refractivity contribution in [2.24, 2.45) is 0 Å². The van der Waals surface area contributed by atoms with Crippen LogP contribution in [0.1, 0.15) is 18.4 Å². The molecule has 1 saturated heterocycles. The number of nitrogens with one attached hydrogen (secondary N) is 2. The predicted octanol–water partition coefficient (Wildman–Crippen LogP) is 1.63. The van der Waals surface area contributed by atoms with Gasteiger partial charge in [-0.25, -0.2) is 12.8 Å². The van der Waals surface area contributed by atoms with Crippen LogP contribution < -0.4 is 15.4 Å². The van der Waals surface area contributed by atoms with E-state index < -0.39 is 45.2 Å². The minimum atomic E-state index is -3.73. The van der Waals surface area contributed by atoms with E-state index >= 15 is 0 Å². The van der Waals surface area contributed by atoms with Crippen LogP contribution >= 0.6 is 12.4 Å². The second-order valence-electron chi connectivity index (χ2n) is 5.79. The summed E-state index contributed by atoms with van der Waals surface area (Å²) in [5.74, 6) is -2.02. The third kappa shape index (κ3) is 4.80. The van der Waals surface area contributed by atoms with Gasteiger partial charge in [0.05, 0.1) is 0 Å². The standard InChI is InChI=1S/C15H19F3N2O4S.ClH/c1-25(22,23)15(5-7-19-8-6-15)13(21)20-9-10-11(16)3-2-4-12(10)24-14(17)18;/h2-4,14,19H,5-9H2,1H3,(H,20,21);1H. The SMILES string of the molecule is CS(=O)(=O)C1(C(=O)NCc2c(F)cccc2OC(F)F)CCNCC1.Cl. The quantitative estimate of drug-likeness (QED) is 0.736. The molecule has 0 unspecified atom stereocenters. The van der Waals surface area contributed by atoms with Crippen molar-refractivity contribution in [3.8, 4) is 5.75 Å². The lowest BCUT2D eigenvalue weighted by atomic mass is 9.95. The predicted molar refractivity (Wildman–Crippen MR) is 91.8 cm³/mol. The zero-order valence-corrected chi connectivity index (χ0v) is 15.6. The molecule has 0 bridgehead atoms. The van der Waals surface area contributed by atoms with Crippen LogP contribution in [0.5, 0.6) is 5.75 Å². The van der Waals surface area contributed by atoms with Crippen molar-refractivity contribution >= 4 is 28.2 Å². The molecule has 0 aromatic heterocycles. The Balaban J connectivity index is 0.00000338. The van der Waals surface area contributed by atoms with Crippen molar-refractivity contribution < 1.29 is 31.1 Å². The zero-order valence-electron chi connectivity index (χ0n) is 13.9. The van der Waals surface area contributed by atoms with Crippen molar-refractivity contribution in [3.05, 3.63) is 29.6 Å². The Morgan fingerprint density at radius 1 is 1.35 bits per heavy atom. The average Bonchev–Trinajstić information content (AvgIpc) is 2.53. The number of halogens is 4. The third-order valence-electron chi connectivity index (χ3n) is 4.25. The van der Waals surface area contributed by atoms with E-state index in [9.17, 15) is 26.4 Å². The summed E-state index contributed by atoms with van der Waals surface area (Å²) in [5.41, 5.74) is -0.270. The molecule has 1 aromatic rings. The van der Waals surface area contributed by atoms with Gasteiger partial charge in [0.15, 0.2) is 14.6 Å². The summed E-state index contributed by atoms with van der Waals surface area (Å²) in [6.45, 7) is -2.92. The Bertz CT molecular complexity index is 740. The smallest absolute Gasteiger partial charge is 0.387 e. The van der Waals surface area contributed by atoms with Gasteiger partial charge in [-0.3, -0.25) is 4.79 Å². The number of benzene rings is 1. The molecule has 6 nitrogen and oxygen atoms in total. The highest BCUT2D eigenvalue weighted by molar-refractivity contribution is 7.92. The van der Waals surface area contributed by atoms with Crippen molar-refractivity contribution in [2.45, 2.75) is 30.7 Å². The molecule has 1 aliphatic rings. The number of amides is 1. The molecule has 0 aliphatic carbocycles. The second-order valence-corrected chi connectivity index (χ2v) is 8.12. The molecule has 148 valence electrons. The van der Waals surface area contributed by atoms with Crippen LogP contribution in [0.15, 0.2) is 18.2 Å². The molecule has 26 heavy (non-hydrogen) atoms. The number of hydrogen-bond donors (Lipinski definition) is 2. The number of piperidine rings is 1. The fourth-order valence-electron chi connectivity index (χ4n) is 2.84. The Labute approximate surface area is 155 Å². The molecule has 1 fully saturated rings. The molecule has 1 aliphatic heterocycles. The topological polar surface area (TPSA) is 84.5 Å². The van der Waals surface area contributed by atoms with Crippen LogP contribution in [0.3, 0.4) is 0 Å². The normalized spacial score (nSPS) is 16.7. The molecule has 2 rings (SSSR count). The molecule has 2 N–H and O–H groups in total. The fraction of sp³-hybridized carbons (Fsp3) is 0.533. The maximum atomic E-state index is 13.9. The van der Waals surface area contributed by atoms with E-state index in [2.05, 4.69) is 15.4 Å². The van der Waals surface area contributed by atoms with E-state index in [1.807, 2.05) is 0 Å². The maximum Gasteiger partial charge on any atom is 0.387 e. The van der Waals surface area contributed by atoms with Gasteiger partial charge in [-0.2, -0.15) is 8.78 Å². The van der Waals surface area contributed by atoms with Gasteiger partial charge in [-0.1, -0.05) is 6.07 Å². The number of sulfone groups is 1. The maximum absolute atomic E-state index is 13.9. The molecule has 0 saturated carbocycles. The molecule has 0 radical (unpaired) electrons. The van der Waals surface area contributed by atoms with Gasteiger partial charge in [0.1, 0.15) is 11.6 Å². The first kappa shape index (κ1) is 22.5. The molecular formula is C15H20ClF3N2O4S. The van der Waals surface area contributed by atoms with Gasteiger partial charge in [-0.05, 0) is 38.1 Å². The average molecular weight is 417 g/mol. The molecule has 1 aromatic carbocycles. The minimum absolute atomic E-state index is 0. The monoisotopic (exact) mass is 416 g/mol. The van der Waals surface area contributed by atoms with Crippen LogP contribution in [0.25, 0.3) is 0 Å². The Kier molecular flexibility index (Phi) is 7.72. The van der Waals surface area contributed by atoms with Gasteiger partial charge in [0.25, 0.3) is 0 Å². The highest BCUT2D eigenvalue weighted by Crippen LogP contribution is 2.29. The number of carbonyl (C=O) groups is 1. The largest absolute Gasteiger partial charge is 0.434 e. The summed E-state index contributed by atoms with van der Waals surface area (Å²) in [6.07, 6.45) is 1.14. The van der Waals surface area contributed by atoms with Crippen molar-refractivity contribution in [1.82, 2.24) is 10.6 Å². The molecule has 11 heteroatoms. The van der Waals surface area contributed by atoms with Crippen LogP contribution in [-0.2, 0) is 21.2 Å². The van der Waals surface area contributed by atoms with Crippen LogP contribution in [0.2, 0.25) is 0 Å². The molecule has 1 heterocycles. The van der Waals surface area contributed by atoms with Crippen LogP contribution in [-0.4, -0.2) is 45.0 Å². The van der Waals surface area contributed by atoms with E-state index in [0.29, 0.717) is 13.1 Å². The first-order valence-electron chi connectivity index (χ1n) is 7.58. The lowest BCUT2D eigenvalue weighted by Gasteiger charge is -2.34. The van der Waals surface area contributed by atoms with E-state index in [0.717, 1.165) is 18.4 Å². The van der Waals surface area contributed by atoms with Crippen molar-refractivity contribution in [1.29, 1.82) is 0 Å². The summed E-state index contributed by atoms with van der Waals surface area (Å²) in [7, 11) is -3.73. The molecule has 0 spiro atoms. The van der Waals surface area contributed by atoms with Gasteiger partial charge in [-0.15, -0.1) is 12.4 Å². The van der Waals surface area contributed by atoms with E-state index in [1.54, 1.807) is 0 Å². The summed E-state index contributed by atoms with van der Waals surface area (Å²) in [4.78, 5) is 12.6. The highest BCUT2D eigenvalue weighted by Gasteiger charge is 2.48. The third-order valence-corrected chi connectivity index (χ3v) is 6.27. The van der Waals surface area contributed by atoms with Gasteiger partial charge in [0.2, 0.25) is 5.91 Å². The van der Waals surface area contributed by atoms with Gasteiger partial charge >= 0.3 is 6.61 Å². The van der Waals surface area contributed by atoms with Gasteiger partial charge in [0, 0.05) is 18.4 Å². The van der Waals surface area contributed by atoms with Crippen molar-refractivity contribution in [2.75, 3.05) is 19.3 Å². The van der Waals surface area contributed by atoms with E-state index in [4.69, 9.17) is 0 Å². The van der Waals surface area contributed by atoms with Crippen molar-refractivity contribution in [3.63, 3.8) is 0 Å². The molecule has 0 atom stereocenters. The Morgan fingerprint density at radius 2 is 1.96 bits per heavy atom. The number of ether oxygens (including phenoxy) is 1. The van der Waals surface area contributed by atoms with Gasteiger partial charge < -0.3 is 15.4 Å². The second kappa shape index (κ2) is 8.92. The molecule has 1 amide bonds. The van der Waals surface area contributed by atoms with Crippen LogP contribution in [0, 0.1) is 5.82 Å². The fourth-order valence-corrected chi connectivity index (χ4v) is 4.20.